The molecule has 14 heavy (non-hydrogen) atoms. The first kappa shape index (κ1) is 10.5. The number of benzene rings is 1. The van der Waals surface area contributed by atoms with Crippen LogP contribution in [0.3, 0.4) is 0 Å². The summed E-state index contributed by atoms with van der Waals surface area (Å²) < 4.78 is 23.0. The van der Waals surface area contributed by atoms with E-state index in [-0.39, 0.29) is 4.90 Å². The SMILES string of the molecule is Cc1cccc(S(=O)(=O)/C=C/C#N)c1. The monoisotopic (exact) mass is 207 g/mol. The number of aryl methyl sites for hydroxylation is 1. The molecule has 0 N–H and O–H groups in total. The van der Waals surface area contributed by atoms with Crippen molar-refractivity contribution in [3.63, 3.8) is 0 Å². The summed E-state index contributed by atoms with van der Waals surface area (Å²) in [5.41, 5.74) is 0.872. The number of rotatable bonds is 2. The summed E-state index contributed by atoms with van der Waals surface area (Å²) >= 11 is 0. The highest BCUT2D eigenvalue weighted by atomic mass is 32.2. The van der Waals surface area contributed by atoms with Crippen LogP contribution in [0, 0.1) is 18.3 Å². The smallest absolute Gasteiger partial charge is 0.200 e. The van der Waals surface area contributed by atoms with Crippen molar-refractivity contribution in [2.75, 3.05) is 0 Å². The fourth-order valence-electron chi connectivity index (χ4n) is 0.991. The van der Waals surface area contributed by atoms with Gasteiger partial charge in [0.05, 0.1) is 11.0 Å². The number of allylic oxidation sites excluding steroid dienone is 1. The maximum Gasteiger partial charge on any atom is 0.200 e. The molecular formula is C10H9NO2S. The second-order valence-electron chi connectivity index (χ2n) is 2.79. The van der Waals surface area contributed by atoms with Gasteiger partial charge in [-0.05, 0) is 24.6 Å². The second kappa shape index (κ2) is 4.07. The van der Waals surface area contributed by atoms with Crippen molar-refractivity contribution in [1.29, 1.82) is 5.26 Å². The van der Waals surface area contributed by atoms with Crippen LogP contribution in [0.1, 0.15) is 5.56 Å². The largest absolute Gasteiger partial charge is 0.219 e. The first-order chi connectivity index (χ1) is 6.56. The van der Waals surface area contributed by atoms with Gasteiger partial charge in [-0.2, -0.15) is 5.26 Å². The van der Waals surface area contributed by atoms with E-state index in [0.29, 0.717) is 0 Å². The van der Waals surface area contributed by atoms with Crippen LogP contribution in [-0.2, 0) is 9.84 Å². The van der Waals surface area contributed by atoms with E-state index < -0.39 is 9.84 Å². The maximum absolute atomic E-state index is 11.5. The molecule has 0 radical (unpaired) electrons. The summed E-state index contributed by atoms with van der Waals surface area (Å²) in [5.74, 6) is 0. The van der Waals surface area contributed by atoms with E-state index in [9.17, 15) is 8.42 Å². The second-order valence-corrected chi connectivity index (χ2v) is 4.63. The molecule has 0 bridgehead atoms. The van der Waals surface area contributed by atoms with Crippen LogP contribution >= 0.6 is 0 Å². The molecule has 0 aliphatic heterocycles. The molecule has 0 amide bonds. The average molecular weight is 207 g/mol. The molecule has 1 rings (SSSR count). The third-order valence-electron chi connectivity index (χ3n) is 1.64. The van der Waals surface area contributed by atoms with Gasteiger partial charge in [0.25, 0.3) is 0 Å². The van der Waals surface area contributed by atoms with Gasteiger partial charge >= 0.3 is 0 Å². The first-order valence-corrected chi connectivity index (χ1v) is 5.49. The molecule has 1 aromatic rings. The summed E-state index contributed by atoms with van der Waals surface area (Å²) in [4.78, 5) is 0.212. The minimum Gasteiger partial charge on any atom is -0.219 e. The molecule has 0 saturated carbocycles. The fourth-order valence-corrected chi connectivity index (χ4v) is 2.01. The molecule has 0 aromatic heterocycles. The summed E-state index contributed by atoms with van der Waals surface area (Å²) in [6, 6.07) is 8.20. The van der Waals surface area contributed by atoms with Crippen molar-refractivity contribution in [1.82, 2.24) is 0 Å². The lowest BCUT2D eigenvalue weighted by Crippen LogP contribution is -1.95. The molecule has 1 aromatic carbocycles. The fraction of sp³-hybridized carbons (Fsp3) is 0.100. The molecule has 72 valence electrons. The van der Waals surface area contributed by atoms with Crippen LogP contribution in [0.5, 0.6) is 0 Å². The Kier molecular flexibility index (Phi) is 3.05. The molecule has 0 aliphatic rings. The molecule has 0 aliphatic carbocycles. The van der Waals surface area contributed by atoms with E-state index in [4.69, 9.17) is 5.26 Å². The predicted octanol–water partition coefficient (Wildman–Crippen LogP) is 1.81. The van der Waals surface area contributed by atoms with Gasteiger partial charge in [0, 0.05) is 11.5 Å². The van der Waals surface area contributed by atoms with Crippen molar-refractivity contribution < 1.29 is 8.42 Å². The Morgan fingerprint density at radius 2 is 2.14 bits per heavy atom. The third-order valence-corrected chi connectivity index (χ3v) is 3.05. The highest BCUT2D eigenvalue weighted by Gasteiger charge is 2.09. The molecular weight excluding hydrogens is 198 g/mol. The zero-order chi connectivity index (χ0) is 10.6. The Hall–Kier alpha value is -1.60. The van der Waals surface area contributed by atoms with Crippen LogP contribution in [-0.4, -0.2) is 8.42 Å². The van der Waals surface area contributed by atoms with E-state index in [1.165, 1.54) is 6.07 Å². The normalized spacial score (nSPS) is 11.4. The van der Waals surface area contributed by atoms with Crippen LogP contribution in [0.15, 0.2) is 40.6 Å². The van der Waals surface area contributed by atoms with Crippen molar-refractivity contribution in [3.05, 3.63) is 41.3 Å². The standard InChI is InChI=1S/C10H9NO2S/c1-9-4-2-5-10(8-9)14(12,13)7-3-6-11/h2-5,7-8H,1H3/b7-3+. The lowest BCUT2D eigenvalue weighted by atomic mass is 10.2. The van der Waals surface area contributed by atoms with Crippen molar-refractivity contribution in [3.8, 4) is 6.07 Å². The van der Waals surface area contributed by atoms with Crippen LogP contribution < -0.4 is 0 Å². The molecule has 0 fully saturated rings. The Morgan fingerprint density at radius 1 is 1.43 bits per heavy atom. The highest BCUT2D eigenvalue weighted by Crippen LogP contribution is 2.13. The molecule has 0 atom stereocenters. The molecule has 0 spiro atoms. The van der Waals surface area contributed by atoms with E-state index in [2.05, 4.69) is 0 Å². The summed E-state index contributed by atoms with van der Waals surface area (Å²) in [6.45, 7) is 1.81. The number of nitriles is 1. The van der Waals surface area contributed by atoms with Gasteiger partial charge in [0.1, 0.15) is 0 Å². The van der Waals surface area contributed by atoms with Crippen molar-refractivity contribution in [2.24, 2.45) is 0 Å². The topological polar surface area (TPSA) is 57.9 Å². The summed E-state index contributed by atoms with van der Waals surface area (Å²) in [7, 11) is -3.45. The van der Waals surface area contributed by atoms with Crippen LogP contribution in [0.4, 0.5) is 0 Å². The zero-order valence-electron chi connectivity index (χ0n) is 7.64. The maximum atomic E-state index is 11.5. The molecule has 0 unspecified atom stereocenters. The number of sulfone groups is 1. The van der Waals surface area contributed by atoms with E-state index in [1.807, 2.05) is 13.0 Å². The van der Waals surface area contributed by atoms with Gasteiger partial charge in [-0.25, -0.2) is 8.42 Å². The zero-order valence-corrected chi connectivity index (χ0v) is 8.45. The lowest BCUT2D eigenvalue weighted by molar-refractivity contribution is 0.604. The predicted molar refractivity (Wildman–Crippen MR) is 53.1 cm³/mol. The van der Waals surface area contributed by atoms with Gasteiger partial charge in [0.2, 0.25) is 9.84 Å². The highest BCUT2D eigenvalue weighted by molar-refractivity contribution is 7.94. The number of hydrogen-bond donors (Lipinski definition) is 0. The molecule has 0 saturated heterocycles. The Morgan fingerprint density at radius 3 is 2.71 bits per heavy atom. The van der Waals surface area contributed by atoms with Gasteiger partial charge in [-0.1, -0.05) is 12.1 Å². The minimum absolute atomic E-state index is 0.212. The van der Waals surface area contributed by atoms with Gasteiger partial charge in [0.15, 0.2) is 0 Å². The Balaban J connectivity index is 3.19. The first-order valence-electron chi connectivity index (χ1n) is 3.94. The van der Waals surface area contributed by atoms with Crippen LogP contribution in [0.25, 0.3) is 0 Å². The third kappa shape index (κ3) is 2.44. The van der Waals surface area contributed by atoms with Gasteiger partial charge in [-0.3, -0.25) is 0 Å². The summed E-state index contributed by atoms with van der Waals surface area (Å²) in [5, 5.41) is 9.13. The van der Waals surface area contributed by atoms with E-state index in [0.717, 1.165) is 17.0 Å². The van der Waals surface area contributed by atoms with Crippen LogP contribution in [0.2, 0.25) is 0 Å². The summed E-state index contributed by atoms with van der Waals surface area (Å²) in [6.07, 6.45) is 0.956. The molecule has 4 heteroatoms. The number of nitrogens with zero attached hydrogens (tertiary/aromatic N) is 1. The number of hydrogen-bond acceptors (Lipinski definition) is 3. The van der Waals surface area contributed by atoms with Gasteiger partial charge < -0.3 is 0 Å². The molecule has 0 heterocycles. The minimum atomic E-state index is -3.45. The average Bonchev–Trinajstić information content (AvgIpc) is 2.15. The quantitative estimate of drug-likeness (QED) is 0.695. The Labute approximate surface area is 83.2 Å². The van der Waals surface area contributed by atoms with Crippen molar-refractivity contribution >= 4 is 9.84 Å². The molecule has 3 nitrogen and oxygen atoms in total. The van der Waals surface area contributed by atoms with E-state index >= 15 is 0 Å². The van der Waals surface area contributed by atoms with Gasteiger partial charge in [-0.15, -0.1) is 0 Å². The van der Waals surface area contributed by atoms with Crippen molar-refractivity contribution in [2.45, 2.75) is 11.8 Å². The lowest BCUT2D eigenvalue weighted by Gasteiger charge is -1.98. The van der Waals surface area contributed by atoms with E-state index in [1.54, 1.807) is 18.2 Å². The Bertz CT molecular complexity index is 495.